The molecular weight excluding hydrogens is 240 g/mol. The number of nitrogens with one attached hydrogen (secondary N) is 1. The number of nitrogens with two attached hydrogens (primary N) is 1. The molecule has 0 fully saturated rings. The molecule has 0 saturated carbocycles. The normalized spacial score (nSPS) is 12.4. The van der Waals surface area contributed by atoms with Gasteiger partial charge >= 0.3 is 0 Å². The van der Waals surface area contributed by atoms with E-state index in [0.29, 0.717) is 6.61 Å². The van der Waals surface area contributed by atoms with Crippen molar-refractivity contribution in [2.24, 2.45) is 12.9 Å². The van der Waals surface area contributed by atoms with Gasteiger partial charge in [-0.2, -0.15) is 5.10 Å². The first-order chi connectivity index (χ1) is 9.15. The topological polar surface area (TPSA) is 65.1 Å². The maximum atomic E-state index is 5.69. The van der Waals surface area contributed by atoms with Crippen LogP contribution in [0.5, 0.6) is 5.75 Å². The van der Waals surface area contributed by atoms with Crippen LogP contribution >= 0.6 is 0 Å². The zero-order valence-corrected chi connectivity index (χ0v) is 11.6. The largest absolute Gasteiger partial charge is 0.494 e. The van der Waals surface area contributed by atoms with Gasteiger partial charge in [0.1, 0.15) is 5.75 Å². The lowest BCUT2D eigenvalue weighted by molar-refractivity contribution is 0.340. The fourth-order valence-electron chi connectivity index (χ4n) is 2.19. The summed E-state index contributed by atoms with van der Waals surface area (Å²) in [5, 5.41) is 4.35. The summed E-state index contributed by atoms with van der Waals surface area (Å²) in [7, 11) is 1.91. The van der Waals surface area contributed by atoms with Crippen LogP contribution in [0, 0.1) is 6.92 Å². The van der Waals surface area contributed by atoms with E-state index in [1.165, 1.54) is 0 Å². The van der Waals surface area contributed by atoms with E-state index < -0.39 is 0 Å². The Morgan fingerprint density at radius 1 is 1.37 bits per heavy atom. The standard InChI is InChI=1S/C14H20N4O/c1-4-19-12-7-5-11(6-8-12)14(16-15)13-9-18(3)17-10(13)2/h5-9,14,16H,4,15H2,1-3H3. The Morgan fingerprint density at radius 3 is 2.53 bits per heavy atom. The second-order valence-corrected chi connectivity index (χ2v) is 4.45. The fraction of sp³-hybridized carbons (Fsp3) is 0.357. The maximum absolute atomic E-state index is 5.69. The van der Waals surface area contributed by atoms with Gasteiger partial charge in [-0.1, -0.05) is 12.1 Å². The average Bonchev–Trinajstić information content (AvgIpc) is 2.72. The lowest BCUT2D eigenvalue weighted by atomic mass is 10.00. The number of nitrogens with zero attached hydrogens (tertiary/aromatic N) is 2. The summed E-state index contributed by atoms with van der Waals surface area (Å²) < 4.78 is 7.23. The van der Waals surface area contributed by atoms with E-state index in [2.05, 4.69) is 10.5 Å². The van der Waals surface area contributed by atoms with Crippen molar-refractivity contribution in [3.05, 3.63) is 47.3 Å². The molecule has 0 radical (unpaired) electrons. The van der Waals surface area contributed by atoms with Crippen molar-refractivity contribution in [1.29, 1.82) is 0 Å². The predicted molar refractivity (Wildman–Crippen MR) is 74.7 cm³/mol. The predicted octanol–water partition coefficient (Wildman–Crippen LogP) is 1.68. The number of aromatic nitrogens is 2. The maximum Gasteiger partial charge on any atom is 0.119 e. The van der Waals surface area contributed by atoms with Crippen molar-refractivity contribution in [3.63, 3.8) is 0 Å². The van der Waals surface area contributed by atoms with Crippen LogP contribution in [0.3, 0.4) is 0 Å². The molecule has 0 aliphatic rings. The third-order valence-corrected chi connectivity index (χ3v) is 3.05. The van der Waals surface area contributed by atoms with Gasteiger partial charge in [-0.05, 0) is 31.5 Å². The Bertz CT molecular complexity index is 533. The van der Waals surface area contributed by atoms with Crippen molar-refractivity contribution >= 4 is 0 Å². The zero-order valence-electron chi connectivity index (χ0n) is 11.6. The summed E-state index contributed by atoms with van der Waals surface area (Å²) in [6.07, 6.45) is 1.98. The molecule has 19 heavy (non-hydrogen) atoms. The van der Waals surface area contributed by atoms with Crippen LogP contribution in [-0.4, -0.2) is 16.4 Å². The average molecular weight is 260 g/mol. The van der Waals surface area contributed by atoms with Crippen molar-refractivity contribution in [2.45, 2.75) is 19.9 Å². The van der Waals surface area contributed by atoms with Crippen LogP contribution in [0.2, 0.25) is 0 Å². The number of hydrogen-bond acceptors (Lipinski definition) is 4. The van der Waals surface area contributed by atoms with E-state index in [9.17, 15) is 0 Å². The Hall–Kier alpha value is -1.85. The van der Waals surface area contributed by atoms with E-state index in [1.54, 1.807) is 4.68 Å². The van der Waals surface area contributed by atoms with Crippen molar-refractivity contribution < 1.29 is 4.74 Å². The highest BCUT2D eigenvalue weighted by atomic mass is 16.5. The van der Waals surface area contributed by atoms with Crippen LogP contribution in [0.15, 0.2) is 30.5 Å². The lowest BCUT2D eigenvalue weighted by Gasteiger charge is -2.16. The molecule has 2 rings (SSSR count). The highest BCUT2D eigenvalue weighted by Gasteiger charge is 2.17. The Kier molecular flexibility index (Phi) is 4.19. The monoisotopic (exact) mass is 260 g/mol. The number of aryl methyl sites for hydroxylation is 2. The second-order valence-electron chi connectivity index (χ2n) is 4.45. The third kappa shape index (κ3) is 2.94. The minimum Gasteiger partial charge on any atom is -0.494 e. The molecule has 2 aromatic rings. The highest BCUT2D eigenvalue weighted by Crippen LogP contribution is 2.25. The van der Waals surface area contributed by atoms with Gasteiger partial charge in [0.2, 0.25) is 0 Å². The second kappa shape index (κ2) is 5.86. The lowest BCUT2D eigenvalue weighted by Crippen LogP contribution is -2.29. The fourth-order valence-corrected chi connectivity index (χ4v) is 2.19. The molecule has 102 valence electrons. The molecule has 0 saturated heterocycles. The molecule has 0 aliphatic heterocycles. The SMILES string of the molecule is CCOc1ccc(C(NN)c2cn(C)nc2C)cc1. The van der Waals surface area contributed by atoms with Crippen LogP contribution in [0.4, 0.5) is 0 Å². The quantitative estimate of drug-likeness (QED) is 0.634. The van der Waals surface area contributed by atoms with Gasteiger partial charge in [-0.15, -0.1) is 0 Å². The molecule has 0 spiro atoms. The van der Waals surface area contributed by atoms with Gasteiger partial charge in [0.25, 0.3) is 0 Å². The minimum atomic E-state index is -0.0654. The summed E-state index contributed by atoms with van der Waals surface area (Å²) in [6, 6.07) is 7.87. The molecule has 0 bridgehead atoms. The molecule has 1 aromatic heterocycles. The van der Waals surface area contributed by atoms with Gasteiger partial charge in [0.15, 0.2) is 0 Å². The molecule has 1 unspecified atom stereocenters. The smallest absolute Gasteiger partial charge is 0.119 e. The molecule has 1 atom stereocenters. The number of hydrogen-bond donors (Lipinski definition) is 2. The summed E-state index contributed by atoms with van der Waals surface area (Å²) in [5.41, 5.74) is 5.98. The summed E-state index contributed by atoms with van der Waals surface area (Å²) in [5.74, 6) is 6.56. The van der Waals surface area contributed by atoms with Gasteiger partial charge in [0.05, 0.1) is 18.3 Å². The van der Waals surface area contributed by atoms with Crippen LogP contribution in [0.1, 0.15) is 29.8 Å². The molecule has 3 N–H and O–H groups in total. The molecular formula is C14H20N4O. The third-order valence-electron chi connectivity index (χ3n) is 3.05. The van der Waals surface area contributed by atoms with E-state index in [1.807, 2.05) is 51.4 Å². The number of ether oxygens (including phenoxy) is 1. The minimum absolute atomic E-state index is 0.0654. The molecule has 0 amide bonds. The number of benzene rings is 1. The van der Waals surface area contributed by atoms with Gasteiger partial charge in [0, 0.05) is 18.8 Å². The van der Waals surface area contributed by atoms with Gasteiger partial charge in [-0.25, -0.2) is 5.43 Å². The van der Waals surface area contributed by atoms with Gasteiger partial charge < -0.3 is 4.74 Å². The zero-order chi connectivity index (χ0) is 13.8. The van der Waals surface area contributed by atoms with E-state index in [4.69, 9.17) is 10.6 Å². The van der Waals surface area contributed by atoms with Crippen molar-refractivity contribution in [3.8, 4) is 5.75 Å². The van der Waals surface area contributed by atoms with Crippen LogP contribution in [0.25, 0.3) is 0 Å². The first-order valence-electron chi connectivity index (χ1n) is 6.34. The molecule has 1 heterocycles. The number of rotatable bonds is 5. The van der Waals surface area contributed by atoms with Crippen LogP contribution < -0.4 is 16.0 Å². The summed E-state index contributed by atoms with van der Waals surface area (Å²) in [4.78, 5) is 0. The first-order valence-corrected chi connectivity index (χ1v) is 6.34. The summed E-state index contributed by atoms with van der Waals surface area (Å²) >= 11 is 0. The van der Waals surface area contributed by atoms with E-state index >= 15 is 0 Å². The van der Waals surface area contributed by atoms with Crippen molar-refractivity contribution in [2.75, 3.05) is 6.61 Å². The van der Waals surface area contributed by atoms with E-state index in [-0.39, 0.29) is 6.04 Å². The molecule has 0 aliphatic carbocycles. The Balaban J connectivity index is 2.29. The van der Waals surface area contributed by atoms with Crippen LogP contribution in [-0.2, 0) is 7.05 Å². The van der Waals surface area contributed by atoms with Gasteiger partial charge in [-0.3, -0.25) is 10.5 Å². The molecule has 1 aromatic carbocycles. The highest BCUT2D eigenvalue weighted by molar-refractivity contribution is 5.36. The molecule has 5 nitrogen and oxygen atoms in total. The number of hydrazine groups is 1. The Morgan fingerprint density at radius 2 is 2.05 bits per heavy atom. The summed E-state index contributed by atoms with van der Waals surface area (Å²) in [6.45, 7) is 4.62. The Labute approximate surface area is 113 Å². The first kappa shape index (κ1) is 13.6. The van der Waals surface area contributed by atoms with E-state index in [0.717, 1.165) is 22.6 Å². The van der Waals surface area contributed by atoms with Crippen molar-refractivity contribution in [1.82, 2.24) is 15.2 Å². The molecule has 5 heteroatoms.